The van der Waals surface area contributed by atoms with Crippen LogP contribution in [0.3, 0.4) is 0 Å². The van der Waals surface area contributed by atoms with E-state index in [0.29, 0.717) is 0 Å². The van der Waals surface area contributed by atoms with Crippen LogP contribution < -0.4 is 4.72 Å². The van der Waals surface area contributed by atoms with Gasteiger partial charge in [0.1, 0.15) is 0 Å². The van der Waals surface area contributed by atoms with E-state index in [1.54, 1.807) is 0 Å². The zero-order chi connectivity index (χ0) is 13.2. The van der Waals surface area contributed by atoms with Crippen molar-refractivity contribution in [1.82, 2.24) is 4.72 Å². The molecule has 0 fully saturated rings. The molecule has 0 aromatic rings. The van der Waals surface area contributed by atoms with E-state index in [2.05, 4.69) is 65.9 Å². The molecule has 0 bridgehead atoms. The highest BCUT2D eigenvalue weighted by Crippen LogP contribution is 2.13. The first-order chi connectivity index (χ1) is 6.79. The van der Waals surface area contributed by atoms with E-state index in [-0.39, 0.29) is 22.0 Å². The van der Waals surface area contributed by atoms with Gasteiger partial charge >= 0.3 is 0 Å². The molecule has 1 atom stereocenters. The number of nitrogens with one attached hydrogen (secondary N) is 1. The van der Waals surface area contributed by atoms with Gasteiger partial charge in [-0.25, -0.2) is 4.36 Å². The van der Waals surface area contributed by atoms with E-state index in [9.17, 15) is 0 Å². The van der Waals surface area contributed by atoms with Gasteiger partial charge in [0, 0.05) is 10.9 Å². The monoisotopic (exact) mass is 262 g/mol. The Morgan fingerprint density at radius 2 is 1.44 bits per heavy atom. The molecule has 0 spiro atoms. The van der Waals surface area contributed by atoms with Crippen molar-refractivity contribution in [3.05, 3.63) is 0 Å². The number of hydrogen-bond acceptors (Lipinski definition) is 1. The Morgan fingerprint density at radius 1 is 1.00 bits per heavy atom. The molecule has 0 heterocycles. The van der Waals surface area contributed by atoms with Crippen molar-refractivity contribution in [2.45, 2.75) is 72.3 Å². The van der Waals surface area contributed by atoms with Gasteiger partial charge in [-0.3, -0.25) is 4.72 Å². The van der Waals surface area contributed by atoms with Crippen LogP contribution in [0.5, 0.6) is 0 Å². The maximum absolute atomic E-state index is 4.93. The molecule has 1 N–H and O–H groups in total. The van der Waals surface area contributed by atoms with Crippen molar-refractivity contribution in [2.75, 3.05) is 5.38 Å². The summed E-state index contributed by atoms with van der Waals surface area (Å²) in [6.45, 7) is 20.4. The van der Waals surface area contributed by atoms with Crippen LogP contribution in [0.1, 0.15) is 41.5 Å². The second-order valence-corrected chi connectivity index (χ2v) is 15.1. The molecule has 0 aliphatic carbocycles. The molecule has 0 aliphatic rings. The van der Waals surface area contributed by atoms with E-state index in [1.807, 2.05) is 0 Å². The van der Waals surface area contributed by atoms with Gasteiger partial charge in [-0.15, -0.1) is 0 Å². The minimum Gasteiger partial charge on any atom is -0.250 e. The fraction of sp³-hybridized carbons (Fsp3) is 1.00. The van der Waals surface area contributed by atoms with Crippen molar-refractivity contribution in [2.24, 2.45) is 4.36 Å². The van der Waals surface area contributed by atoms with Gasteiger partial charge in [0.05, 0.1) is 13.6 Å². The van der Waals surface area contributed by atoms with Crippen LogP contribution in [-0.4, -0.2) is 24.5 Å². The van der Waals surface area contributed by atoms with E-state index in [1.165, 1.54) is 5.38 Å². The maximum atomic E-state index is 4.93. The van der Waals surface area contributed by atoms with Gasteiger partial charge in [-0.1, -0.05) is 19.6 Å². The lowest BCUT2D eigenvalue weighted by Gasteiger charge is -2.28. The molecule has 16 heavy (non-hydrogen) atoms. The predicted octanol–water partition coefficient (Wildman–Crippen LogP) is 3.77. The largest absolute Gasteiger partial charge is 0.250 e. The Bertz CT molecular complexity index is 236. The zero-order valence-corrected chi connectivity index (χ0v) is 14.4. The van der Waals surface area contributed by atoms with Gasteiger partial charge < -0.3 is 0 Å². The molecule has 0 radical (unpaired) electrons. The Labute approximate surface area is 106 Å². The molecule has 0 aliphatic heterocycles. The minimum atomic E-state index is -1.06. The first-order valence-electron chi connectivity index (χ1n) is 6.00. The normalized spacial score (nSPS) is 16.6. The minimum absolute atomic E-state index is 0.00386. The summed E-state index contributed by atoms with van der Waals surface area (Å²) in [6, 6.07) is 0. The fourth-order valence-corrected chi connectivity index (χ4v) is 6.43. The van der Waals surface area contributed by atoms with Crippen LogP contribution in [0.15, 0.2) is 4.36 Å². The molecule has 0 aromatic carbocycles. The second kappa shape index (κ2) is 5.32. The summed E-state index contributed by atoms with van der Waals surface area (Å²) in [5, 5.41) is 1.24. The molecule has 1 unspecified atom stereocenters. The predicted molar refractivity (Wildman–Crippen MR) is 80.6 cm³/mol. The summed E-state index contributed by atoms with van der Waals surface area (Å²) in [5.41, 5.74) is 0.207. The summed E-state index contributed by atoms with van der Waals surface area (Å²) in [6.07, 6.45) is 0. The average Bonchev–Trinajstić information content (AvgIpc) is 1.70. The summed E-state index contributed by atoms with van der Waals surface area (Å²) < 4.78 is 8.60. The molecular formula is C12H30N2SSi. The molecule has 2 nitrogen and oxygen atoms in total. The summed E-state index contributed by atoms with van der Waals surface area (Å²) in [5.74, 6) is 0. The van der Waals surface area contributed by atoms with Gasteiger partial charge in [0.25, 0.3) is 0 Å². The van der Waals surface area contributed by atoms with E-state index in [0.717, 1.165) is 0 Å². The first-order valence-corrected chi connectivity index (χ1v) is 11.1. The Morgan fingerprint density at radius 3 is 1.69 bits per heavy atom. The van der Waals surface area contributed by atoms with Gasteiger partial charge in [-0.2, -0.15) is 0 Å². The third-order valence-corrected chi connectivity index (χ3v) is 7.55. The number of hydrogen-bond donors (Lipinski definition) is 1. The van der Waals surface area contributed by atoms with Crippen molar-refractivity contribution < 1.29 is 0 Å². The lowest BCUT2D eigenvalue weighted by Crippen LogP contribution is -2.43. The molecule has 98 valence electrons. The summed E-state index contributed by atoms with van der Waals surface area (Å²) >= 11 is 0. The molecular weight excluding hydrogens is 232 g/mol. The lowest BCUT2D eigenvalue weighted by molar-refractivity contribution is 0.528. The molecule has 0 saturated carbocycles. The average molecular weight is 263 g/mol. The van der Waals surface area contributed by atoms with Crippen molar-refractivity contribution in [1.29, 1.82) is 0 Å². The topological polar surface area (TPSA) is 24.4 Å². The maximum Gasteiger partial charge on any atom is 0.0606 e. The highest BCUT2D eigenvalue weighted by atomic mass is 32.2. The molecule has 4 heteroatoms. The van der Waals surface area contributed by atoms with Crippen molar-refractivity contribution in [3.63, 3.8) is 0 Å². The quantitative estimate of drug-likeness (QED) is 0.769. The van der Waals surface area contributed by atoms with Crippen LogP contribution in [0, 0.1) is 0 Å². The zero-order valence-electron chi connectivity index (χ0n) is 12.6. The van der Waals surface area contributed by atoms with Crippen molar-refractivity contribution >= 4 is 19.0 Å². The van der Waals surface area contributed by atoms with Gasteiger partial charge in [0.2, 0.25) is 0 Å². The van der Waals surface area contributed by atoms with Gasteiger partial charge in [0.15, 0.2) is 0 Å². The third kappa shape index (κ3) is 10.8. The standard InChI is InChI=1S/C12H30N2SSi/c1-11(2,3)13-15(10-16(7,8)9)14-12(4,5)6/h10H2,1-9H3,(H,13,14). The highest BCUT2D eigenvalue weighted by Gasteiger charge is 2.21. The molecule has 0 rings (SSSR count). The van der Waals surface area contributed by atoms with E-state index in [4.69, 9.17) is 4.36 Å². The lowest BCUT2D eigenvalue weighted by atomic mass is 10.1. The molecule has 0 aromatic heterocycles. The Hall–Kier alpha value is 0.327. The molecule has 0 saturated heterocycles. The first kappa shape index (κ1) is 16.3. The summed E-state index contributed by atoms with van der Waals surface area (Å²) in [4.78, 5) is 0. The second-order valence-electron chi connectivity index (χ2n) is 7.68. The van der Waals surface area contributed by atoms with Crippen molar-refractivity contribution in [3.8, 4) is 0 Å². The van der Waals surface area contributed by atoms with Crippen LogP contribution in [0.4, 0.5) is 0 Å². The number of rotatable bonds is 3. The smallest absolute Gasteiger partial charge is 0.0606 e. The van der Waals surface area contributed by atoms with Crippen LogP contribution >= 0.6 is 0 Å². The van der Waals surface area contributed by atoms with E-state index >= 15 is 0 Å². The van der Waals surface area contributed by atoms with Crippen LogP contribution in [0.2, 0.25) is 19.6 Å². The van der Waals surface area contributed by atoms with E-state index < -0.39 is 8.07 Å². The summed E-state index contributed by atoms with van der Waals surface area (Å²) in [7, 11) is -1.06. The fourth-order valence-electron chi connectivity index (χ4n) is 1.19. The third-order valence-electron chi connectivity index (χ3n) is 1.38. The Balaban J connectivity index is 4.87. The van der Waals surface area contributed by atoms with Crippen LogP contribution in [-0.2, 0) is 10.9 Å². The Kier molecular flexibility index (Phi) is 5.42. The molecule has 0 amide bonds. The highest BCUT2D eigenvalue weighted by molar-refractivity contribution is 7.87. The number of nitrogens with zero attached hydrogens (tertiary/aromatic N) is 1. The van der Waals surface area contributed by atoms with Crippen LogP contribution in [0.25, 0.3) is 0 Å². The SMILES string of the molecule is CC(C)(C)N=S(C[Si](C)(C)C)NC(C)(C)C. The van der Waals surface area contributed by atoms with Gasteiger partial charge in [-0.05, 0) is 52.4 Å².